The van der Waals surface area contributed by atoms with E-state index >= 15 is 0 Å². The van der Waals surface area contributed by atoms with E-state index in [-0.39, 0.29) is 23.5 Å². The van der Waals surface area contributed by atoms with E-state index in [9.17, 15) is 9.59 Å². The van der Waals surface area contributed by atoms with Crippen molar-refractivity contribution in [3.05, 3.63) is 0 Å². The molecular formula is C32H53N2O3+. The highest BCUT2D eigenvalue weighted by molar-refractivity contribution is 5.91. The van der Waals surface area contributed by atoms with Crippen molar-refractivity contribution < 1.29 is 18.8 Å². The Labute approximate surface area is 225 Å². The molecule has 5 heteroatoms. The van der Waals surface area contributed by atoms with Crippen LogP contribution < -0.4 is 0 Å². The Morgan fingerprint density at radius 1 is 0.946 bits per heavy atom. The molecule has 0 aromatic carbocycles. The molecule has 2 heterocycles. The van der Waals surface area contributed by atoms with Crippen molar-refractivity contribution in [2.75, 3.05) is 33.2 Å². The van der Waals surface area contributed by atoms with E-state index in [4.69, 9.17) is 4.74 Å². The van der Waals surface area contributed by atoms with Crippen LogP contribution in [-0.2, 0) is 14.3 Å². The van der Waals surface area contributed by atoms with Crippen molar-refractivity contribution in [2.45, 2.75) is 122 Å². The van der Waals surface area contributed by atoms with Crippen LogP contribution in [0.3, 0.4) is 0 Å². The summed E-state index contributed by atoms with van der Waals surface area (Å²) in [6, 6.07) is 0.605. The van der Waals surface area contributed by atoms with Gasteiger partial charge in [-0.05, 0) is 113 Å². The molecule has 208 valence electrons. The number of quaternary nitrogens is 1. The molecule has 0 bridgehead atoms. The maximum Gasteiger partial charge on any atom is 0.302 e. The van der Waals surface area contributed by atoms with Gasteiger partial charge in [0, 0.05) is 24.8 Å². The highest BCUT2D eigenvalue weighted by Crippen LogP contribution is 2.66. The van der Waals surface area contributed by atoms with Gasteiger partial charge in [-0.3, -0.25) is 14.5 Å². The fraction of sp³-hybridized carbons (Fsp3) is 0.938. The molecule has 6 rings (SSSR count). The lowest BCUT2D eigenvalue weighted by Crippen LogP contribution is -2.60. The van der Waals surface area contributed by atoms with Gasteiger partial charge in [0.25, 0.3) is 0 Å². The first-order chi connectivity index (χ1) is 17.7. The van der Waals surface area contributed by atoms with Crippen LogP contribution in [0.4, 0.5) is 0 Å². The van der Waals surface area contributed by atoms with E-state index in [1.165, 1.54) is 77.3 Å². The van der Waals surface area contributed by atoms with E-state index in [1.54, 1.807) is 6.92 Å². The lowest BCUT2D eigenvalue weighted by molar-refractivity contribution is -0.928. The van der Waals surface area contributed by atoms with Gasteiger partial charge in [0.15, 0.2) is 5.78 Å². The van der Waals surface area contributed by atoms with Crippen molar-refractivity contribution in [1.29, 1.82) is 0 Å². The molecule has 6 fully saturated rings. The molecule has 0 unspecified atom stereocenters. The number of fused-ring (bicyclic) bond motifs is 5. The number of piperidine rings is 2. The normalized spacial score (nSPS) is 48.0. The van der Waals surface area contributed by atoms with Gasteiger partial charge in [-0.2, -0.15) is 0 Å². The summed E-state index contributed by atoms with van der Waals surface area (Å²) >= 11 is 0. The molecule has 5 nitrogen and oxygen atoms in total. The van der Waals surface area contributed by atoms with Gasteiger partial charge in [0.05, 0.1) is 20.1 Å². The summed E-state index contributed by atoms with van der Waals surface area (Å²) in [5.41, 5.74) is 0.197. The van der Waals surface area contributed by atoms with Crippen LogP contribution in [0.5, 0.6) is 0 Å². The number of ketones is 1. The smallest absolute Gasteiger partial charge is 0.302 e. The van der Waals surface area contributed by atoms with Crippen LogP contribution in [0, 0.1) is 34.5 Å². The van der Waals surface area contributed by atoms with Gasteiger partial charge in [-0.1, -0.05) is 20.3 Å². The second kappa shape index (κ2) is 9.61. The van der Waals surface area contributed by atoms with Crippen LogP contribution >= 0.6 is 0 Å². The molecule has 2 aliphatic heterocycles. The molecule has 0 spiro atoms. The summed E-state index contributed by atoms with van der Waals surface area (Å²) < 4.78 is 7.07. The first kappa shape index (κ1) is 26.3. The van der Waals surface area contributed by atoms with E-state index in [0.29, 0.717) is 40.9 Å². The van der Waals surface area contributed by atoms with Crippen molar-refractivity contribution >= 4 is 11.8 Å². The van der Waals surface area contributed by atoms with Gasteiger partial charge in [-0.15, -0.1) is 0 Å². The molecule has 0 aromatic rings. The average molecular weight is 514 g/mol. The van der Waals surface area contributed by atoms with Crippen LogP contribution in [0.15, 0.2) is 0 Å². The van der Waals surface area contributed by atoms with Crippen molar-refractivity contribution in [3.8, 4) is 0 Å². The zero-order chi connectivity index (χ0) is 26.0. The minimum Gasteiger partial charge on any atom is -0.461 e. The van der Waals surface area contributed by atoms with Crippen molar-refractivity contribution in [3.63, 3.8) is 0 Å². The first-order valence-corrected chi connectivity index (χ1v) is 16.0. The predicted octanol–water partition coefficient (Wildman–Crippen LogP) is 5.60. The lowest BCUT2D eigenvalue weighted by atomic mass is 9.44. The second-order valence-electron chi connectivity index (χ2n) is 15.0. The van der Waals surface area contributed by atoms with Gasteiger partial charge in [-0.25, -0.2) is 0 Å². The average Bonchev–Trinajstić information content (AvgIpc) is 3.16. The Bertz CT molecular complexity index is 892. The number of carbonyl (C=O) groups excluding carboxylic acids is 2. The standard InChI is InChI=1S/C32H53N2O3/c1-22(35)37-29-19-23-11-12-24-25(32(23,3)21-27(29)33-15-7-5-8-16-33)13-14-31(2)26(24)20-28(30(31)36)34(4)17-9-6-10-18-34/h23-29H,5-21H2,1-4H3/q+1/t23-,24-,25+,26+,27-,28-,29-,31-,32-/m0/s1. The summed E-state index contributed by atoms with van der Waals surface area (Å²) in [6.45, 7) is 11.3. The zero-order valence-electron chi connectivity index (χ0n) is 24.2. The number of ether oxygens (including phenoxy) is 1. The summed E-state index contributed by atoms with van der Waals surface area (Å²) in [4.78, 5) is 28.9. The number of rotatable bonds is 3. The SMILES string of the molecule is CC(=O)O[C@H]1C[C@@H]2CC[C@H]3[C@@H](CC[C@]4(C)C(=O)[C@@H]([N+]5(C)CCCCC5)C[C@H]34)[C@@]2(C)C[C@@H]1N1CCCCC1. The number of esters is 1. The number of likely N-dealkylation sites (tertiary alicyclic amines) is 2. The fourth-order valence-corrected chi connectivity index (χ4v) is 11.1. The largest absolute Gasteiger partial charge is 0.461 e. The van der Waals surface area contributed by atoms with E-state index < -0.39 is 0 Å². The maximum atomic E-state index is 14.1. The minimum absolute atomic E-state index is 0.0556. The molecule has 2 saturated heterocycles. The molecule has 37 heavy (non-hydrogen) atoms. The third kappa shape index (κ3) is 4.24. The molecule has 0 amide bonds. The fourth-order valence-electron chi connectivity index (χ4n) is 11.1. The van der Waals surface area contributed by atoms with Gasteiger partial charge >= 0.3 is 5.97 Å². The van der Waals surface area contributed by atoms with Gasteiger partial charge in [0.1, 0.15) is 12.1 Å². The molecule has 6 aliphatic rings. The molecule has 4 aliphatic carbocycles. The monoisotopic (exact) mass is 513 g/mol. The van der Waals surface area contributed by atoms with Crippen molar-refractivity contribution in [2.24, 2.45) is 34.5 Å². The number of hydrogen-bond donors (Lipinski definition) is 0. The number of nitrogens with zero attached hydrogens (tertiary/aromatic N) is 2. The number of carbonyl (C=O) groups is 2. The summed E-state index contributed by atoms with van der Waals surface area (Å²) in [5.74, 6) is 3.13. The molecular weight excluding hydrogens is 460 g/mol. The molecule has 4 saturated carbocycles. The first-order valence-electron chi connectivity index (χ1n) is 16.0. The zero-order valence-corrected chi connectivity index (χ0v) is 24.2. The topological polar surface area (TPSA) is 46.6 Å². The maximum absolute atomic E-state index is 14.1. The van der Waals surface area contributed by atoms with Crippen LogP contribution in [0.2, 0.25) is 0 Å². The van der Waals surface area contributed by atoms with E-state index in [1.807, 2.05) is 0 Å². The van der Waals surface area contributed by atoms with Gasteiger partial charge in [0.2, 0.25) is 0 Å². The second-order valence-corrected chi connectivity index (χ2v) is 15.0. The quantitative estimate of drug-likeness (QED) is 0.364. The molecule has 0 radical (unpaired) electrons. The third-order valence-corrected chi connectivity index (χ3v) is 13.2. The minimum atomic E-state index is -0.109. The highest BCUT2D eigenvalue weighted by Gasteiger charge is 2.66. The summed E-state index contributed by atoms with van der Waals surface area (Å²) in [7, 11) is 2.40. The van der Waals surface area contributed by atoms with Crippen molar-refractivity contribution in [1.82, 2.24) is 4.90 Å². The summed E-state index contributed by atoms with van der Waals surface area (Å²) in [6.07, 6.45) is 16.0. The molecule has 0 aromatic heterocycles. The Hall–Kier alpha value is -0.940. The summed E-state index contributed by atoms with van der Waals surface area (Å²) in [5, 5.41) is 0. The number of Topliss-reactive ketones (excluding diaryl/α,β-unsaturated/α-hetero) is 1. The Morgan fingerprint density at radius 2 is 1.65 bits per heavy atom. The molecule has 9 atom stereocenters. The Morgan fingerprint density at radius 3 is 2.35 bits per heavy atom. The third-order valence-electron chi connectivity index (χ3n) is 13.2. The van der Waals surface area contributed by atoms with E-state index in [2.05, 4.69) is 25.8 Å². The number of likely N-dealkylation sites (N-methyl/N-ethyl adjacent to an activating group) is 1. The van der Waals surface area contributed by atoms with Crippen LogP contribution in [0.1, 0.15) is 104 Å². The Balaban J connectivity index is 1.26. The predicted molar refractivity (Wildman–Crippen MR) is 146 cm³/mol. The van der Waals surface area contributed by atoms with E-state index in [0.717, 1.165) is 36.8 Å². The Kier molecular flexibility index (Phi) is 6.83. The van der Waals surface area contributed by atoms with Crippen LogP contribution in [-0.4, -0.2) is 72.5 Å². The highest BCUT2D eigenvalue weighted by atomic mass is 16.5. The van der Waals surface area contributed by atoms with Crippen LogP contribution in [0.25, 0.3) is 0 Å². The molecule has 0 N–H and O–H groups in total. The van der Waals surface area contributed by atoms with Gasteiger partial charge < -0.3 is 9.22 Å². The number of hydrogen-bond acceptors (Lipinski definition) is 4. The lowest BCUT2D eigenvalue weighted by Gasteiger charge is -2.62.